The number of carbonyl (C=O) groups excluding carboxylic acids is 2. The molecule has 1 aliphatic carbocycles. The molecular weight excluding hydrogens is 464 g/mol. The number of carbonyl (C=O) groups is 3. The number of carboxylic acid groups (broad SMARTS) is 1. The van der Waals surface area contributed by atoms with Gasteiger partial charge in [0, 0.05) is 23.4 Å². The van der Waals surface area contributed by atoms with E-state index in [0.717, 1.165) is 22.3 Å². The Hall–Kier alpha value is -3.65. The number of thiophene rings is 1. The fraction of sp³-hybridized carbons (Fsp3) is 0.296. The minimum atomic E-state index is -0.930. The molecule has 3 aromatic rings. The largest absolute Gasteiger partial charge is 0.481 e. The molecule has 180 valence electrons. The van der Waals surface area contributed by atoms with Crippen molar-refractivity contribution in [3.05, 3.63) is 82.0 Å². The molecule has 2 aliphatic rings. The van der Waals surface area contributed by atoms with Crippen molar-refractivity contribution < 1.29 is 24.2 Å². The fourth-order valence-corrected chi connectivity index (χ4v) is 5.98. The van der Waals surface area contributed by atoms with Gasteiger partial charge in [0.1, 0.15) is 12.6 Å². The highest BCUT2D eigenvalue weighted by atomic mass is 32.1. The van der Waals surface area contributed by atoms with Crippen LogP contribution in [0.3, 0.4) is 0 Å². The molecule has 8 heteroatoms. The number of aliphatic carboxylic acids is 1. The predicted molar refractivity (Wildman–Crippen MR) is 132 cm³/mol. The third-order valence-electron chi connectivity index (χ3n) is 7.04. The normalized spacial score (nSPS) is 19.6. The van der Waals surface area contributed by atoms with E-state index in [0.29, 0.717) is 17.8 Å². The first kappa shape index (κ1) is 23.1. The smallest absolute Gasteiger partial charge is 0.408 e. The average molecular weight is 491 g/mol. The number of benzene rings is 2. The summed E-state index contributed by atoms with van der Waals surface area (Å²) in [5.41, 5.74) is 4.50. The minimum absolute atomic E-state index is 0.0843. The van der Waals surface area contributed by atoms with Gasteiger partial charge in [-0.15, -0.1) is 11.3 Å². The first-order valence-corrected chi connectivity index (χ1v) is 12.5. The molecule has 3 unspecified atom stereocenters. The van der Waals surface area contributed by atoms with E-state index in [2.05, 4.69) is 17.4 Å². The summed E-state index contributed by atoms with van der Waals surface area (Å²) in [5, 5.41) is 14.0. The van der Waals surface area contributed by atoms with E-state index in [1.54, 1.807) is 17.9 Å². The lowest BCUT2D eigenvalue weighted by Gasteiger charge is -2.28. The van der Waals surface area contributed by atoms with Crippen LogP contribution in [0.5, 0.6) is 0 Å². The van der Waals surface area contributed by atoms with E-state index in [-0.39, 0.29) is 18.4 Å². The zero-order chi connectivity index (χ0) is 24.5. The number of hydrogen-bond acceptors (Lipinski definition) is 5. The maximum Gasteiger partial charge on any atom is 0.408 e. The summed E-state index contributed by atoms with van der Waals surface area (Å²) in [6.45, 7) is 2.22. The molecule has 3 atom stereocenters. The quantitative estimate of drug-likeness (QED) is 0.524. The molecular formula is C27H26N2O5S. The topological polar surface area (TPSA) is 95.9 Å². The van der Waals surface area contributed by atoms with Crippen LogP contribution in [-0.2, 0) is 14.3 Å². The molecule has 1 aliphatic heterocycles. The molecule has 0 spiro atoms. The number of amides is 2. The maximum atomic E-state index is 13.4. The van der Waals surface area contributed by atoms with E-state index < -0.39 is 30.1 Å². The molecule has 7 nitrogen and oxygen atoms in total. The van der Waals surface area contributed by atoms with Crippen molar-refractivity contribution in [3.63, 3.8) is 0 Å². The Morgan fingerprint density at radius 3 is 2.29 bits per heavy atom. The highest BCUT2D eigenvalue weighted by Gasteiger charge is 2.41. The number of carboxylic acids is 1. The molecule has 1 fully saturated rings. The first-order valence-electron chi connectivity index (χ1n) is 11.6. The highest BCUT2D eigenvalue weighted by molar-refractivity contribution is 7.10. The number of hydrogen-bond donors (Lipinski definition) is 2. The van der Waals surface area contributed by atoms with Gasteiger partial charge in [0.15, 0.2) is 0 Å². The van der Waals surface area contributed by atoms with Gasteiger partial charge in [-0.25, -0.2) is 4.79 Å². The molecule has 0 saturated carbocycles. The molecule has 0 radical (unpaired) electrons. The van der Waals surface area contributed by atoms with E-state index in [1.807, 2.05) is 47.8 Å². The van der Waals surface area contributed by atoms with Gasteiger partial charge in [-0.05, 0) is 47.0 Å². The van der Waals surface area contributed by atoms with Crippen LogP contribution in [0.15, 0.2) is 66.0 Å². The lowest BCUT2D eigenvalue weighted by atomic mass is 9.98. The summed E-state index contributed by atoms with van der Waals surface area (Å²) in [6.07, 6.45) is -0.287. The molecule has 1 saturated heterocycles. The highest BCUT2D eigenvalue weighted by Crippen LogP contribution is 2.44. The van der Waals surface area contributed by atoms with Crippen molar-refractivity contribution in [2.24, 2.45) is 5.92 Å². The van der Waals surface area contributed by atoms with Gasteiger partial charge in [0.2, 0.25) is 0 Å². The summed E-state index contributed by atoms with van der Waals surface area (Å²) in [6, 6.07) is 18.4. The second-order valence-electron chi connectivity index (χ2n) is 8.92. The van der Waals surface area contributed by atoms with E-state index in [1.165, 1.54) is 11.3 Å². The van der Waals surface area contributed by atoms with E-state index in [4.69, 9.17) is 4.74 Å². The molecule has 0 bridgehead atoms. The summed E-state index contributed by atoms with van der Waals surface area (Å²) in [5.74, 6) is -1.93. The molecule has 35 heavy (non-hydrogen) atoms. The number of nitrogens with zero attached hydrogens (tertiary/aromatic N) is 1. The maximum absolute atomic E-state index is 13.4. The summed E-state index contributed by atoms with van der Waals surface area (Å²) in [4.78, 5) is 40.1. The van der Waals surface area contributed by atoms with E-state index >= 15 is 0 Å². The summed E-state index contributed by atoms with van der Waals surface area (Å²) < 4.78 is 5.66. The van der Waals surface area contributed by atoms with Crippen LogP contribution in [0.4, 0.5) is 4.79 Å². The monoisotopic (exact) mass is 490 g/mol. The van der Waals surface area contributed by atoms with Crippen LogP contribution in [-0.4, -0.2) is 47.2 Å². The van der Waals surface area contributed by atoms with Gasteiger partial charge < -0.3 is 20.1 Å². The Labute approximate surface area is 207 Å². The van der Waals surface area contributed by atoms with Crippen molar-refractivity contribution in [3.8, 4) is 11.1 Å². The van der Waals surface area contributed by atoms with Crippen molar-refractivity contribution in [1.82, 2.24) is 10.2 Å². The number of fused-ring (bicyclic) bond motifs is 3. The lowest BCUT2D eigenvalue weighted by molar-refractivity contribution is -0.143. The van der Waals surface area contributed by atoms with Crippen LogP contribution in [0.1, 0.15) is 41.3 Å². The van der Waals surface area contributed by atoms with Crippen molar-refractivity contribution >= 4 is 29.3 Å². The standard InChI is InChI=1S/C27H26N2O5S/c1-16-17(26(31)32)12-13-29(16)25(30)24(23-11-6-14-35-23)28-27(33)34-15-22-20-9-4-2-7-18(20)19-8-3-5-10-21(19)22/h2-11,14,16-17,22,24H,12-13,15H2,1H3,(H,28,33)(H,31,32). The third kappa shape index (κ3) is 4.30. The zero-order valence-electron chi connectivity index (χ0n) is 19.2. The Bertz CT molecular complexity index is 1210. The number of rotatable bonds is 6. The average Bonchev–Trinajstić information content (AvgIpc) is 3.59. The van der Waals surface area contributed by atoms with Crippen LogP contribution in [0, 0.1) is 5.92 Å². The van der Waals surface area contributed by atoms with Crippen LogP contribution in [0.25, 0.3) is 11.1 Å². The molecule has 2 amide bonds. The van der Waals surface area contributed by atoms with Gasteiger partial charge in [0.05, 0.1) is 5.92 Å². The zero-order valence-corrected chi connectivity index (χ0v) is 20.0. The van der Waals surface area contributed by atoms with Gasteiger partial charge in [-0.1, -0.05) is 54.6 Å². The van der Waals surface area contributed by atoms with Crippen molar-refractivity contribution in [1.29, 1.82) is 0 Å². The van der Waals surface area contributed by atoms with E-state index in [9.17, 15) is 19.5 Å². The SMILES string of the molecule is CC1C(C(=O)O)CCN1C(=O)C(NC(=O)OCC1c2ccccc2-c2ccccc21)c1cccs1. The Balaban J connectivity index is 1.30. The third-order valence-corrected chi connectivity index (χ3v) is 7.97. The predicted octanol–water partition coefficient (Wildman–Crippen LogP) is 4.65. The van der Waals surface area contributed by atoms with Crippen LogP contribution < -0.4 is 5.32 Å². The number of alkyl carbamates (subject to hydrolysis) is 1. The minimum Gasteiger partial charge on any atom is -0.481 e. The number of likely N-dealkylation sites (tertiary alicyclic amines) is 1. The Morgan fingerprint density at radius 2 is 1.71 bits per heavy atom. The van der Waals surface area contributed by atoms with Crippen LogP contribution in [0.2, 0.25) is 0 Å². The Kier molecular flexibility index (Phi) is 6.30. The number of nitrogens with one attached hydrogen (secondary N) is 1. The van der Waals surface area contributed by atoms with Crippen molar-refractivity contribution in [2.45, 2.75) is 31.3 Å². The van der Waals surface area contributed by atoms with Gasteiger partial charge >= 0.3 is 12.1 Å². The van der Waals surface area contributed by atoms with Crippen molar-refractivity contribution in [2.75, 3.05) is 13.2 Å². The molecule has 5 rings (SSSR count). The van der Waals surface area contributed by atoms with Gasteiger partial charge in [0.25, 0.3) is 5.91 Å². The second-order valence-corrected chi connectivity index (χ2v) is 9.90. The second kappa shape index (κ2) is 9.54. The molecule has 2 aromatic carbocycles. The lowest BCUT2D eigenvalue weighted by Crippen LogP contribution is -2.45. The van der Waals surface area contributed by atoms with Gasteiger partial charge in [-0.3, -0.25) is 9.59 Å². The summed E-state index contributed by atoms with van der Waals surface area (Å²) >= 11 is 1.36. The molecule has 2 N–H and O–H groups in total. The summed E-state index contributed by atoms with van der Waals surface area (Å²) in [7, 11) is 0. The first-order chi connectivity index (χ1) is 17.0. The fourth-order valence-electron chi connectivity index (χ4n) is 5.21. The molecule has 1 aromatic heterocycles. The van der Waals surface area contributed by atoms with Crippen LogP contribution >= 0.6 is 11.3 Å². The Morgan fingerprint density at radius 1 is 1.06 bits per heavy atom. The molecule has 2 heterocycles. The van der Waals surface area contributed by atoms with Gasteiger partial charge in [-0.2, -0.15) is 0 Å². The number of ether oxygens (including phenoxy) is 1.